The topological polar surface area (TPSA) is 45.8 Å². The van der Waals surface area contributed by atoms with E-state index in [2.05, 4.69) is 16.9 Å². The highest BCUT2D eigenvalue weighted by Crippen LogP contribution is 2.27. The van der Waals surface area contributed by atoms with Crippen molar-refractivity contribution >= 4 is 35.0 Å². The van der Waals surface area contributed by atoms with E-state index in [9.17, 15) is 4.79 Å². The van der Waals surface area contributed by atoms with Crippen molar-refractivity contribution in [1.29, 1.82) is 0 Å². The maximum absolute atomic E-state index is 12.3. The second kappa shape index (κ2) is 7.34. The van der Waals surface area contributed by atoms with Crippen LogP contribution in [0.25, 0.3) is 0 Å². The van der Waals surface area contributed by atoms with Gasteiger partial charge in [0.1, 0.15) is 0 Å². The smallest absolute Gasteiger partial charge is 0.255 e. The van der Waals surface area contributed by atoms with Crippen LogP contribution in [0.2, 0.25) is 10.0 Å². The lowest BCUT2D eigenvalue weighted by Gasteiger charge is -2.10. The molecule has 3 nitrogen and oxygen atoms in total. The van der Waals surface area contributed by atoms with Gasteiger partial charge in [-0.3, -0.25) is 4.79 Å². The van der Waals surface area contributed by atoms with Crippen LogP contribution in [0.1, 0.15) is 30.2 Å². The molecule has 1 heterocycles. The first kappa shape index (κ1) is 16.4. The van der Waals surface area contributed by atoms with Crippen molar-refractivity contribution in [3.05, 3.63) is 55.4 Å². The number of nitrogens with one attached hydrogen (secondary N) is 1. The molecule has 0 aliphatic rings. The van der Waals surface area contributed by atoms with Crippen LogP contribution in [0.5, 0.6) is 0 Å². The first-order valence-corrected chi connectivity index (χ1v) is 8.63. The van der Waals surface area contributed by atoms with Crippen LogP contribution in [0.3, 0.4) is 0 Å². The Morgan fingerprint density at radius 1 is 1.33 bits per heavy atom. The fraction of sp³-hybridized carbons (Fsp3) is 0.333. The van der Waals surface area contributed by atoms with Crippen LogP contribution in [-0.4, -0.2) is 16.2 Å². The summed E-state index contributed by atoms with van der Waals surface area (Å²) in [6.07, 6.45) is 4.03. The zero-order valence-corrected chi connectivity index (χ0v) is 14.2. The molecule has 0 aliphatic carbocycles. The zero-order chi connectivity index (χ0) is 15.4. The molecule has 112 valence electrons. The summed E-state index contributed by atoms with van der Waals surface area (Å²) < 4.78 is 0. The number of aryl methyl sites for hydroxylation is 1. The Balaban J connectivity index is 2.48. The highest BCUT2D eigenvalue weighted by molar-refractivity contribution is 7.98. The van der Waals surface area contributed by atoms with Crippen molar-refractivity contribution in [2.24, 2.45) is 0 Å². The Morgan fingerprint density at radius 3 is 2.76 bits per heavy atom. The van der Waals surface area contributed by atoms with Crippen LogP contribution in [0.15, 0.2) is 28.2 Å². The predicted octanol–water partition coefficient (Wildman–Crippen LogP) is 4.34. The Kier molecular flexibility index (Phi) is 5.73. The third kappa shape index (κ3) is 3.82. The molecule has 0 saturated heterocycles. The molecule has 1 N–H and O–H groups in total. The number of hydrogen-bond acceptors (Lipinski definition) is 3. The number of nitrogens with zero attached hydrogens (tertiary/aromatic N) is 1. The quantitative estimate of drug-likeness (QED) is 0.649. The summed E-state index contributed by atoms with van der Waals surface area (Å²) in [6, 6.07) is 5.45. The molecule has 0 saturated carbocycles. The SMILES string of the molecule is CCCc1nc(SC)[nH]c(=O)c1Cc1cccc(Cl)c1Cl. The molecule has 1 aromatic heterocycles. The fourth-order valence-electron chi connectivity index (χ4n) is 2.12. The van der Waals surface area contributed by atoms with Crippen molar-refractivity contribution in [3.8, 4) is 0 Å². The molecule has 0 atom stereocenters. The lowest BCUT2D eigenvalue weighted by atomic mass is 10.0. The lowest BCUT2D eigenvalue weighted by Crippen LogP contribution is -2.19. The molecule has 0 amide bonds. The average molecular weight is 343 g/mol. The van der Waals surface area contributed by atoms with E-state index in [1.165, 1.54) is 11.8 Å². The summed E-state index contributed by atoms with van der Waals surface area (Å²) in [5.41, 5.74) is 2.24. The summed E-state index contributed by atoms with van der Waals surface area (Å²) in [5.74, 6) is 0. The normalized spacial score (nSPS) is 10.9. The molecular formula is C15H16Cl2N2OS. The molecule has 21 heavy (non-hydrogen) atoms. The van der Waals surface area contributed by atoms with Crippen LogP contribution in [-0.2, 0) is 12.8 Å². The van der Waals surface area contributed by atoms with Gasteiger partial charge >= 0.3 is 0 Å². The van der Waals surface area contributed by atoms with Gasteiger partial charge in [-0.25, -0.2) is 4.98 Å². The van der Waals surface area contributed by atoms with Gasteiger partial charge in [-0.15, -0.1) is 0 Å². The largest absolute Gasteiger partial charge is 0.301 e. The number of hydrogen-bond donors (Lipinski definition) is 1. The van der Waals surface area contributed by atoms with Gasteiger partial charge in [0.15, 0.2) is 5.16 Å². The van der Waals surface area contributed by atoms with Gasteiger partial charge in [0.2, 0.25) is 0 Å². The standard InChI is InChI=1S/C15H16Cl2N2OS/c1-3-5-12-10(14(20)19-15(18-12)21-2)8-9-6-4-7-11(16)13(9)17/h4,6-7H,3,5,8H2,1-2H3,(H,18,19,20). The first-order valence-electron chi connectivity index (χ1n) is 6.65. The van der Waals surface area contributed by atoms with E-state index in [0.717, 1.165) is 24.1 Å². The molecule has 0 fully saturated rings. The van der Waals surface area contributed by atoms with E-state index in [-0.39, 0.29) is 5.56 Å². The highest BCUT2D eigenvalue weighted by Gasteiger charge is 2.14. The van der Waals surface area contributed by atoms with Crippen molar-refractivity contribution in [2.75, 3.05) is 6.26 Å². The average Bonchev–Trinajstić information content (AvgIpc) is 2.46. The van der Waals surface area contributed by atoms with Crippen molar-refractivity contribution in [3.63, 3.8) is 0 Å². The molecule has 0 unspecified atom stereocenters. The summed E-state index contributed by atoms with van der Waals surface area (Å²) >= 11 is 13.7. The molecule has 0 bridgehead atoms. The number of benzene rings is 1. The van der Waals surface area contributed by atoms with Gasteiger partial charge in [0, 0.05) is 12.0 Å². The van der Waals surface area contributed by atoms with Gasteiger partial charge in [0.05, 0.1) is 15.7 Å². The zero-order valence-electron chi connectivity index (χ0n) is 11.9. The summed E-state index contributed by atoms with van der Waals surface area (Å²) in [4.78, 5) is 19.6. The van der Waals surface area contributed by atoms with E-state index >= 15 is 0 Å². The molecule has 0 radical (unpaired) electrons. The monoisotopic (exact) mass is 342 g/mol. The number of aromatic nitrogens is 2. The summed E-state index contributed by atoms with van der Waals surface area (Å²) in [5, 5.41) is 1.63. The van der Waals surface area contributed by atoms with Crippen LogP contribution in [0, 0.1) is 0 Å². The number of halogens is 2. The minimum absolute atomic E-state index is 0.103. The van der Waals surface area contributed by atoms with E-state index in [0.29, 0.717) is 27.2 Å². The van der Waals surface area contributed by atoms with Crippen molar-refractivity contribution < 1.29 is 0 Å². The van der Waals surface area contributed by atoms with Crippen LogP contribution in [0.4, 0.5) is 0 Å². The minimum Gasteiger partial charge on any atom is -0.301 e. The van der Waals surface area contributed by atoms with Gasteiger partial charge in [-0.2, -0.15) is 0 Å². The maximum atomic E-state index is 12.3. The van der Waals surface area contributed by atoms with Gasteiger partial charge in [-0.05, 0) is 24.3 Å². The van der Waals surface area contributed by atoms with Gasteiger partial charge in [-0.1, -0.05) is 60.4 Å². The maximum Gasteiger partial charge on any atom is 0.255 e. The molecule has 2 aromatic rings. The number of rotatable bonds is 5. The number of thioether (sulfide) groups is 1. The molecule has 0 aliphatic heterocycles. The van der Waals surface area contributed by atoms with E-state index in [1.807, 2.05) is 18.4 Å². The van der Waals surface area contributed by atoms with E-state index in [1.54, 1.807) is 6.07 Å². The van der Waals surface area contributed by atoms with E-state index in [4.69, 9.17) is 23.2 Å². The van der Waals surface area contributed by atoms with Crippen LogP contribution >= 0.6 is 35.0 Å². The summed E-state index contributed by atoms with van der Waals surface area (Å²) in [7, 11) is 0. The van der Waals surface area contributed by atoms with Crippen molar-refractivity contribution in [1.82, 2.24) is 9.97 Å². The van der Waals surface area contributed by atoms with Crippen molar-refractivity contribution in [2.45, 2.75) is 31.3 Å². The second-order valence-corrected chi connectivity index (χ2v) is 6.22. The minimum atomic E-state index is -0.103. The fourth-order valence-corrected chi connectivity index (χ4v) is 2.90. The Morgan fingerprint density at radius 2 is 2.10 bits per heavy atom. The second-order valence-electron chi connectivity index (χ2n) is 4.64. The molecular weight excluding hydrogens is 327 g/mol. The first-order chi connectivity index (χ1) is 10.1. The van der Waals surface area contributed by atoms with Crippen LogP contribution < -0.4 is 5.56 Å². The number of H-pyrrole nitrogens is 1. The van der Waals surface area contributed by atoms with Gasteiger partial charge < -0.3 is 4.98 Å². The molecule has 1 aromatic carbocycles. The Bertz CT molecular complexity index is 701. The third-order valence-electron chi connectivity index (χ3n) is 3.16. The highest BCUT2D eigenvalue weighted by atomic mass is 35.5. The molecule has 6 heteroatoms. The molecule has 0 spiro atoms. The van der Waals surface area contributed by atoms with Gasteiger partial charge in [0.25, 0.3) is 5.56 Å². The molecule has 2 rings (SSSR count). The Labute approximate surface area is 138 Å². The van der Waals surface area contributed by atoms with E-state index < -0.39 is 0 Å². The summed E-state index contributed by atoms with van der Waals surface area (Å²) in [6.45, 7) is 2.07. The Hall–Kier alpha value is -0.970. The number of aromatic amines is 1. The lowest BCUT2D eigenvalue weighted by molar-refractivity contribution is 0.789. The predicted molar refractivity (Wildman–Crippen MR) is 89.9 cm³/mol. The third-order valence-corrected chi connectivity index (χ3v) is 4.60.